The second-order valence-corrected chi connectivity index (χ2v) is 4.85. The summed E-state index contributed by atoms with van der Waals surface area (Å²) in [6.45, 7) is 4.67. The van der Waals surface area contributed by atoms with E-state index < -0.39 is 5.97 Å². The fraction of sp³-hybridized carbons (Fsp3) is 0.222. The number of rotatable bonds is 7. The lowest BCUT2D eigenvalue weighted by Crippen LogP contribution is -2.12. The third-order valence-electron chi connectivity index (χ3n) is 3.10. The molecule has 0 aliphatic heterocycles. The molecule has 2 rings (SSSR count). The molecule has 0 fully saturated rings. The number of ether oxygens (including phenoxy) is 1. The zero-order valence-electron chi connectivity index (χ0n) is 13.7. The molecule has 0 saturated heterocycles. The number of carbonyl (C=O) groups is 2. The van der Waals surface area contributed by atoms with Crippen LogP contribution in [0.2, 0.25) is 0 Å². The summed E-state index contributed by atoms with van der Waals surface area (Å²) in [5, 5.41) is 5.90. The van der Waals surface area contributed by atoms with E-state index >= 15 is 0 Å². The first-order chi connectivity index (χ1) is 11.6. The lowest BCUT2D eigenvalue weighted by molar-refractivity contribution is -0.111. The molecule has 2 N–H and O–H groups in total. The zero-order valence-corrected chi connectivity index (χ0v) is 13.7. The largest absolute Gasteiger partial charge is 0.465 e. The fourth-order valence-electron chi connectivity index (χ4n) is 2.05. The Hall–Kier alpha value is -3.02. The van der Waals surface area contributed by atoms with Crippen LogP contribution in [0.4, 0.5) is 11.4 Å². The molecule has 126 valence electrons. The molecule has 1 heterocycles. The zero-order chi connectivity index (χ0) is 17.4. The topological polar surface area (TPSA) is 80.6 Å². The molecule has 24 heavy (non-hydrogen) atoms. The predicted octanol–water partition coefficient (Wildman–Crippen LogP) is 3.54. The van der Waals surface area contributed by atoms with Gasteiger partial charge in [0, 0.05) is 12.6 Å². The number of hydrogen-bond donors (Lipinski definition) is 2. The smallest absolute Gasteiger partial charge is 0.338 e. The highest BCUT2D eigenvalue weighted by atomic mass is 16.5. The van der Waals surface area contributed by atoms with Gasteiger partial charge < -0.3 is 19.8 Å². The van der Waals surface area contributed by atoms with E-state index in [2.05, 4.69) is 10.6 Å². The number of carbonyl (C=O) groups excluding carboxylic acids is 2. The van der Waals surface area contributed by atoms with E-state index in [0.29, 0.717) is 30.2 Å². The summed E-state index contributed by atoms with van der Waals surface area (Å²) in [5.74, 6) is -0.175. The van der Waals surface area contributed by atoms with E-state index in [1.165, 1.54) is 12.3 Å². The predicted molar refractivity (Wildman–Crippen MR) is 92.9 cm³/mol. The Kier molecular flexibility index (Phi) is 6.19. The maximum absolute atomic E-state index is 12.1. The molecule has 0 bridgehead atoms. The van der Waals surface area contributed by atoms with Crippen LogP contribution in [0, 0.1) is 0 Å². The van der Waals surface area contributed by atoms with Crippen LogP contribution < -0.4 is 10.6 Å². The molecule has 1 amide bonds. The Morgan fingerprint density at radius 2 is 2.04 bits per heavy atom. The summed E-state index contributed by atoms with van der Waals surface area (Å²) in [6.07, 6.45) is 4.46. The first-order valence-electron chi connectivity index (χ1n) is 7.71. The van der Waals surface area contributed by atoms with Gasteiger partial charge in [-0.2, -0.15) is 0 Å². The van der Waals surface area contributed by atoms with E-state index in [0.717, 1.165) is 5.69 Å². The molecule has 0 saturated carbocycles. The molecule has 1 aromatic carbocycles. The van der Waals surface area contributed by atoms with Gasteiger partial charge in [0.2, 0.25) is 5.91 Å². The monoisotopic (exact) mass is 328 g/mol. The molecule has 0 unspecified atom stereocenters. The Morgan fingerprint density at radius 1 is 1.21 bits per heavy atom. The standard InChI is InChI=1S/C18H20N2O4/c1-3-19-15-9-7-13(18(22)23-4-2)12-16(15)20-17(21)10-8-14-6-5-11-24-14/h5-12,19H,3-4H2,1-2H3,(H,20,21)/b10-8+. The minimum absolute atomic E-state index is 0.293. The maximum atomic E-state index is 12.1. The van der Waals surface area contributed by atoms with Gasteiger partial charge in [-0.15, -0.1) is 0 Å². The normalized spacial score (nSPS) is 10.6. The Morgan fingerprint density at radius 3 is 2.71 bits per heavy atom. The van der Waals surface area contributed by atoms with Crippen molar-refractivity contribution >= 4 is 29.3 Å². The van der Waals surface area contributed by atoms with Crippen LogP contribution in [-0.4, -0.2) is 25.0 Å². The van der Waals surface area contributed by atoms with Gasteiger partial charge in [-0.25, -0.2) is 4.79 Å². The van der Waals surface area contributed by atoms with Crippen LogP contribution in [0.5, 0.6) is 0 Å². The number of amides is 1. The van der Waals surface area contributed by atoms with Crippen molar-refractivity contribution in [2.45, 2.75) is 13.8 Å². The first kappa shape index (κ1) is 17.3. The van der Waals surface area contributed by atoms with Crippen molar-refractivity contribution in [3.8, 4) is 0 Å². The second-order valence-electron chi connectivity index (χ2n) is 4.85. The fourth-order valence-corrected chi connectivity index (χ4v) is 2.05. The first-order valence-corrected chi connectivity index (χ1v) is 7.71. The molecule has 0 radical (unpaired) electrons. The molecule has 0 spiro atoms. The lowest BCUT2D eigenvalue weighted by atomic mass is 10.1. The summed E-state index contributed by atoms with van der Waals surface area (Å²) >= 11 is 0. The quantitative estimate of drug-likeness (QED) is 0.600. The summed E-state index contributed by atoms with van der Waals surface area (Å²) in [5.41, 5.74) is 1.62. The van der Waals surface area contributed by atoms with E-state index in [1.54, 1.807) is 43.3 Å². The van der Waals surface area contributed by atoms with Crippen LogP contribution in [0.15, 0.2) is 47.1 Å². The van der Waals surface area contributed by atoms with E-state index in [9.17, 15) is 9.59 Å². The van der Waals surface area contributed by atoms with Gasteiger partial charge in [0.1, 0.15) is 5.76 Å². The van der Waals surface area contributed by atoms with Crippen molar-refractivity contribution in [2.75, 3.05) is 23.8 Å². The van der Waals surface area contributed by atoms with Gasteiger partial charge in [-0.05, 0) is 50.3 Å². The average Bonchev–Trinajstić information content (AvgIpc) is 3.08. The highest BCUT2D eigenvalue weighted by molar-refractivity contribution is 6.04. The number of benzene rings is 1. The maximum Gasteiger partial charge on any atom is 0.338 e. The summed E-state index contributed by atoms with van der Waals surface area (Å²) in [7, 11) is 0. The number of nitrogens with one attached hydrogen (secondary N) is 2. The molecular weight excluding hydrogens is 308 g/mol. The summed E-state index contributed by atoms with van der Waals surface area (Å²) in [6, 6.07) is 8.47. The van der Waals surface area contributed by atoms with Crippen molar-refractivity contribution in [3.63, 3.8) is 0 Å². The number of esters is 1. The van der Waals surface area contributed by atoms with Crippen molar-refractivity contribution in [2.24, 2.45) is 0 Å². The van der Waals surface area contributed by atoms with Crippen LogP contribution in [0.25, 0.3) is 6.08 Å². The number of hydrogen-bond acceptors (Lipinski definition) is 5. The molecular formula is C18H20N2O4. The Bertz CT molecular complexity index is 721. The van der Waals surface area contributed by atoms with Gasteiger partial charge in [-0.1, -0.05) is 0 Å². The second kappa shape index (κ2) is 8.57. The highest BCUT2D eigenvalue weighted by Crippen LogP contribution is 2.24. The van der Waals surface area contributed by atoms with Crippen molar-refractivity contribution in [1.29, 1.82) is 0 Å². The van der Waals surface area contributed by atoms with Crippen molar-refractivity contribution in [1.82, 2.24) is 0 Å². The van der Waals surface area contributed by atoms with Gasteiger partial charge >= 0.3 is 5.97 Å². The summed E-state index contributed by atoms with van der Waals surface area (Å²) < 4.78 is 10.1. The molecule has 6 nitrogen and oxygen atoms in total. The van der Waals surface area contributed by atoms with Gasteiger partial charge in [0.25, 0.3) is 0 Å². The van der Waals surface area contributed by atoms with Crippen LogP contribution in [0.1, 0.15) is 30.0 Å². The molecule has 0 aliphatic carbocycles. The van der Waals surface area contributed by atoms with E-state index in [4.69, 9.17) is 9.15 Å². The molecule has 6 heteroatoms. The molecule has 1 aromatic heterocycles. The highest BCUT2D eigenvalue weighted by Gasteiger charge is 2.11. The number of anilines is 2. The van der Waals surface area contributed by atoms with E-state index in [1.807, 2.05) is 6.92 Å². The van der Waals surface area contributed by atoms with Gasteiger partial charge in [0.05, 0.1) is 29.8 Å². The molecule has 2 aromatic rings. The average molecular weight is 328 g/mol. The van der Waals surface area contributed by atoms with Gasteiger partial charge in [0.15, 0.2) is 0 Å². The third-order valence-corrected chi connectivity index (χ3v) is 3.10. The van der Waals surface area contributed by atoms with Crippen molar-refractivity contribution in [3.05, 3.63) is 54.0 Å². The number of furan rings is 1. The van der Waals surface area contributed by atoms with Crippen LogP contribution >= 0.6 is 0 Å². The van der Waals surface area contributed by atoms with Crippen molar-refractivity contribution < 1.29 is 18.7 Å². The minimum atomic E-state index is -0.429. The SMILES string of the molecule is CCNc1ccc(C(=O)OCC)cc1NC(=O)/C=C/c1ccco1. The lowest BCUT2D eigenvalue weighted by Gasteiger charge is -2.12. The van der Waals surface area contributed by atoms with Gasteiger partial charge in [-0.3, -0.25) is 4.79 Å². The van der Waals surface area contributed by atoms with Crippen LogP contribution in [-0.2, 0) is 9.53 Å². The molecule has 0 atom stereocenters. The van der Waals surface area contributed by atoms with Crippen LogP contribution in [0.3, 0.4) is 0 Å². The van der Waals surface area contributed by atoms with E-state index in [-0.39, 0.29) is 5.91 Å². The minimum Gasteiger partial charge on any atom is -0.465 e. The Balaban J connectivity index is 2.17. The Labute approximate surface area is 140 Å². The third kappa shape index (κ3) is 4.74. The molecule has 0 aliphatic rings. The summed E-state index contributed by atoms with van der Waals surface area (Å²) in [4.78, 5) is 23.9.